The Morgan fingerprint density at radius 1 is 0.750 bits per heavy atom. The lowest BCUT2D eigenvalue weighted by Crippen LogP contribution is -1.84. The van der Waals surface area contributed by atoms with Crippen LogP contribution in [0.1, 0.15) is 0 Å². The van der Waals surface area contributed by atoms with Gasteiger partial charge in [0.2, 0.25) is 0 Å². The lowest BCUT2D eigenvalue weighted by Gasteiger charge is -2.07. The molecule has 0 saturated heterocycles. The molecule has 0 N–H and O–H groups in total. The van der Waals surface area contributed by atoms with Gasteiger partial charge in [-0.25, -0.2) is 0 Å². The van der Waals surface area contributed by atoms with Crippen LogP contribution in [-0.2, 0) is 0 Å². The van der Waals surface area contributed by atoms with Crippen LogP contribution in [0.2, 0.25) is 0 Å². The van der Waals surface area contributed by atoms with Crippen molar-refractivity contribution in [3.8, 4) is 22.6 Å². The van der Waals surface area contributed by atoms with Crippen molar-refractivity contribution in [1.29, 1.82) is 0 Å². The number of benzene rings is 2. The number of rotatable bonds is 3. The molecule has 0 unspecified atom stereocenters. The highest BCUT2D eigenvalue weighted by Crippen LogP contribution is 2.26. The molecule has 3 rings (SSSR count). The van der Waals surface area contributed by atoms with Crippen LogP contribution >= 0.6 is 15.9 Å². The molecule has 0 saturated carbocycles. The summed E-state index contributed by atoms with van der Waals surface area (Å²) in [5.74, 6) is 1.66. The van der Waals surface area contributed by atoms with Gasteiger partial charge in [0.1, 0.15) is 11.5 Å². The molecule has 0 bridgehead atoms. The molecule has 0 atom stereocenters. The molecule has 0 fully saturated rings. The number of halogens is 1. The Labute approximate surface area is 126 Å². The van der Waals surface area contributed by atoms with Crippen molar-refractivity contribution in [2.24, 2.45) is 0 Å². The van der Waals surface area contributed by atoms with Gasteiger partial charge in [0.05, 0.1) is 0 Å². The zero-order valence-corrected chi connectivity index (χ0v) is 12.2. The number of pyridine rings is 1. The predicted octanol–water partition coefficient (Wildman–Crippen LogP) is 5.30. The molecule has 1 aromatic heterocycles. The lowest BCUT2D eigenvalue weighted by atomic mass is 10.1. The second kappa shape index (κ2) is 5.88. The third-order valence-corrected chi connectivity index (χ3v) is 3.31. The quantitative estimate of drug-likeness (QED) is 0.651. The van der Waals surface area contributed by atoms with E-state index in [1.807, 2.05) is 66.9 Å². The molecule has 0 aliphatic rings. The topological polar surface area (TPSA) is 22.1 Å². The van der Waals surface area contributed by atoms with Gasteiger partial charge in [-0.05, 0) is 51.8 Å². The van der Waals surface area contributed by atoms with Crippen molar-refractivity contribution in [2.45, 2.75) is 0 Å². The number of aromatic nitrogens is 1. The number of para-hydroxylation sites is 1. The lowest BCUT2D eigenvalue weighted by molar-refractivity contribution is 0.483. The summed E-state index contributed by atoms with van der Waals surface area (Å²) in [5, 5.41) is 0. The summed E-state index contributed by atoms with van der Waals surface area (Å²) in [7, 11) is 0. The summed E-state index contributed by atoms with van der Waals surface area (Å²) in [6.45, 7) is 0. The van der Waals surface area contributed by atoms with Crippen molar-refractivity contribution in [3.05, 3.63) is 77.5 Å². The maximum absolute atomic E-state index is 5.77. The van der Waals surface area contributed by atoms with Crippen molar-refractivity contribution >= 4 is 15.9 Å². The minimum absolute atomic E-state index is 0.822. The Balaban J connectivity index is 1.81. The van der Waals surface area contributed by atoms with Gasteiger partial charge >= 0.3 is 0 Å². The molecule has 2 aromatic carbocycles. The molecule has 98 valence electrons. The number of ether oxygens (including phenoxy) is 1. The Morgan fingerprint density at radius 3 is 2.15 bits per heavy atom. The maximum atomic E-state index is 5.77. The van der Waals surface area contributed by atoms with Gasteiger partial charge in [0.25, 0.3) is 0 Å². The summed E-state index contributed by atoms with van der Waals surface area (Å²) in [5.41, 5.74) is 2.19. The molecule has 0 amide bonds. The van der Waals surface area contributed by atoms with Crippen LogP contribution in [0.15, 0.2) is 77.5 Å². The molecule has 3 aromatic rings. The van der Waals surface area contributed by atoms with E-state index in [9.17, 15) is 0 Å². The van der Waals surface area contributed by atoms with Gasteiger partial charge < -0.3 is 4.74 Å². The van der Waals surface area contributed by atoms with Crippen LogP contribution in [-0.4, -0.2) is 4.98 Å². The molecule has 1 heterocycles. The fourth-order valence-electron chi connectivity index (χ4n) is 1.91. The molecule has 0 spiro atoms. The van der Waals surface area contributed by atoms with Crippen molar-refractivity contribution in [3.63, 3.8) is 0 Å². The van der Waals surface area contributed by atoms with E-state index in [2.05, 4.69) is 20.9 Å². The van der Waals surface area contributed by atoms with E-state index in [0.717, 1.165) is 27.1 Å². The Hall–Kier alpha value is -2.13. The Bertz CT molecular complexity index is 696. The van der Waals surface area contributed by atoms with Crippen molar-refractivity contribution in [2.75, 3.05) is 0 Å². The molecule has 2 nitrogen and oxygen atoms in total. The molecule has 0 radical (unpaired) electrons. The third kappa shape index (κ3) is 3.06. The molecule has 3 heteroatoms. The second-order valence-corrected chi connectivity index (χ2v) is 5.25. The normalized spacial score (nSPS) is 10.2. The van der Waals surface area contributed by atoms with E-state index in [1.54, 1.807) is 6.20 Å². The second-order valence-electron chi connectivity index (χ2n) is 4.33. The van der Waals surface area contributed by atoms with Crippen LogP contribution in [0.5, 0.6) is 11.5 Å². The maximum Gasteiger partial charge on any atom is 0.127 e. The number of nitrogens with zero attached hydrogens (tertiary/aromatic N) is 1. The number of hydrogen-bond acceptors (Lipinski definition) is 2. The summed E-state index contributed by atoms with van der Waals surface area (Å²) >= 11 is 3.43. The minimum atomic E-state index is 0.822. The van der Waals surface area contributed by atoms with Gasteiger partial charge in [0, 0.05) is 22.4 Å². The van der Waals surface area contributed by atoms with Gasteiger partial charge in [-0.3, -0.25) is 4.98 Å². The SMILES string of the molecule is Brc1cncc(-c2ccc(Oc3ccccc3)cc2)c1. The van der Waals surface area contributed by atoms with E-state index in [0.29, 0.717) is 0 Å². The Morgan fingerprint density at radius 2 is 1.45 bits per heavy atom. The summed E-state index contributed by atoms with van der Waals surface area (Å²) in [6.07, 6.45) is 3.62. The smallest absolute Gasteiger partial charge is 0.127 e. The molecule has 0 aliphatic heterocycles. The highest BCUT2D eigenvalue weighted by Gasteiger charge is 2.01. The highest BCUT2D eigenvalue weighted by atomic mass is 79.9. The van der Waals surface area contributed by atoms with Crippen LogP contribution < -0.4 is 4.74 Å². The minimum Gasteiger partial charge on any atom is -0.457 e. The largest absolute Gasteiger partial charge is 0.457 e. The average Bonchev–Trinajstić information content (AvgIpc) is 2.49. The first-order valence-electron chi connectivity index (χ1n) is 6.25. The van der Waals surface area contributed by atoms with E-state index >= 15 is 0 Å². The first-order valence-corrected chi connectivity index (χ1v) is 7.04. The van der Waals surface area contributed by atoms with Crippen LogP contribution in [0, 0.1) is 0 Å². The zero-order chi connectivity index (χ0) is 13.8. The van der Waals surface area contributed by atoms with E-state index in [4.69, 9.17) is 4.74 Å². The van der Waals surface area contributed by atoms with E-state index in [-0.39, 0.29) is 0 Å². The predicted molar refractivity (Wildman–Crippen MR) is 83.9 cm³/mol. The fraction of sp³-hybridized carbons (Fsp3) is 0. The standard InChI is InChI=1S/C17H12BrNO/c18-15-10-14(11-19-12-15)13-6-8-17(9-7-13)20-16-4-2-1-3-5-16/h1-12H. The molecule has 0 aliphatic carbocycles. The Kier molecular flexibility index (Phi) is 3.79. The number of hydrogen-bond donors (Lipinski definition) is 0. The zero-order valence-electron chi connectivity index (χ0n) is 10.7. The fourth-order valence-corrected chi connectivity index (χ4v) is 2.27. The monoisotopic (exact) mass is 325 g/mol. The van der Waals surface area contributed by atoms with E-state index < -0.39 is 0 Å². The van der Waals surface area contributed by atoms with Gasteiger partial charge in [-0.15, -0.1) is 0 Å². The van der Waals surface area contributed by atoms with Crippen molar-refractivity contribution < 1.29 is 4.74 Å². The first-order chi connectivity index (χ1) is 9.81. The summed E-state index contributed by atoms with van der Waals surface area (Å²) in [4.78, 5) is 4.17. The average molecular weight is 326 g/mol. The van der Waals surface area contributed by atoms with Crippen LogP contribution in [0.4, 0.5) is 0 Å². The summed E-state index contributed by atoms with van der Waals surface area (Å²) in [6, 6.07) is 19.8. The van der Waals surface area contributed by atoms with Gasteiger partial charge in [0.15, 0.2) is 0 Å². The van der Waals surface area contributed by atoms with E-state index in [1.165, 1.54) is 0 Å². The van der Waals surface area contributed by atoms with Crippen LogP contribution in [0.3, 0.4) is 0 Å². The van der Waals surface area contributed by atoms with Crippen LogP contribution in [0.25, 0.3) is 11.1 Å². The van der Waals surface area contributed by atoms with Gasteiger partial charge in [-0.2, -0.15) is 0 Å². The van der Waals surface area contributed by atoms with Gasteiger partial charge in [-0.1, -0.05) is 30.3 Å². The molecular weight excluding hydrogens is 314 g/mol. The third-order valence-electron chi connectivity index (χ3n) is 2.87. The van der Waals surface area contributed by atoms with Crippen molar-refractivity contribution in [1.82, 2.24) is 4.98 Å². The highest BCUT2D eigenvalue weighted by molar-refractivity contribution is 9.10. The first kappa shape index (κ1) is 12.9. The molecule has 20 heavy (non-hydrogen) atoms. The summed E-state index contributed by atoms with van der Waals surface area (Å²) < 4.78 is 6.74. The molecular formula is C17H12BrNO.